The second-order valence-corrected chi connectivity index (χ2v) is 5.70. The van der Waals surface area contributed by atoms with Crippen molar-refractivity contribution in [3.05, 3.63) is 29.8 Å². The number of nitrogens with zero attached hydrogens (tertiary/aromatic N) is 1. The van der Waals surface area contributed by atoms with E-state index in [2.05, 4.69) is 55.3 Å². The second kappa shape index (κ2) is 5.72. The van der Waals surface area contributed by atoms with Crippen LogP contribution in [0.1, 0.15) is 19.4 Å². The smallest absolute Gasteiger partial charge is 0.120 e. The molecule has 1 N–H and O–H groups in total. The van der Waals surface area contributed by atoms with Gasteiger partial charge in [0.1, 0.15) is 11.4 Å². The maximum absolute atomic E-state index is 6.10. The normalized spacial score (nSPS) is 17.7. The molecule has 0 aromatic heterocycles. The van der Waals surface area contributed by atoms with Crippen LogP contribution in [0, 0.1) is 6.92 Å². The van der Waals surface area contributed by atoms with Gasteiger partial charge in [-0.1, -0.05) is 17.7 Å². The largest absolute Gasteiger partial charge is 0.487 e. The molecule has 1 aliphatic rings. The summed E-state index contributed by atoms with van der Waals surface area (Å²) in [4.78, 5) is 2.46. The number of benzene rings is 1. The van der Waals surface area contributed by atoms with Gasteiger partial charge in [-0.25, -0.2) is 0 Å². The van der Waals surface area contributed by atoms with Crippen molar-refractivity contribution in [3.63, 3.8) is 0 Å². The minimum atomic E-state index is -0.146. The first-order valence-corrected chi connectivity index (χ1v) is 6.74. The van der Waals surface area contributed by atoms with Gasteiger partial charge < -0.3 is 10.1 Å². The molecule has 1 saturated heterocycles. The molecule has 1 fully saturated rings. The lowest BCUT2D eigenvalue weighted by Crippen LogP contribution is -2.50. The molecule has 2 rings (SSSR count). The third kappa shape index (κ3) is 4.00. The van der Waals surface area contributed by atoms with E-state index in [1.807, 2.05) is 0 Å². The number of rotatable bonds is 4. The molecule has 1 aromatic rings. The Morgan fingerprint density at radius 3 is 2.39 bits per heavy atom. The first-order chi connectivity index (χ1) is 8.55. The van der Waals surface area contributed by atoms with E-state index in [0.29, 0.717) is 0 Å². The Labute approximate surface area is 110 Å². The third-order valence-electron chi connectivity index (χ3n) is 3.23. The van der Waals surface area contributed by atoms with Crippen molar-refractivity contribution in [2.24, 2.45) is 0 Å². The lowest BCUT2D eigenvalue weighted by Gasteiger charge is -2.35. The number of hydrogen-bond acceptors (Lipinski definition) is 3. The predicted molar refractivity (Wildman–Crippen MR) is 75.2 cm³/mol. The lowest BCUT2D eigenvalue weighted by molar-refractivity contribution is 0.0547. The second-order valence-electron chi connectivity index (χ2n) is 5.70. The van der Waals surface area contributed by atoms with Gasteiger partial charge in [0.25, 0.3) is 0 Å². The van der Waals surface area contributed by atoms with Gasteiger partial charge in [-0.3, -0.25) is 4.90 Å². The summed E-state index contributed by atoms with van der Waals surface area (Å²) in [6.45, 7) is 11.8. The van der Waals surface area contributed by atoms with E-state index in [1.54, 1.807) is 0 Å². The molecule has 18 heavy (non-hydrogen) atoms. The van der Waals surface area contributed by atoms with Crippen LogP contribution in [0.2, 0.25) is 0 Å². The van der Waals surface area contributed by atoms with Crippen LogP contribution in [-0.2, 0) is 0 Å². The molecule has 0 atom stereocenters. The van der Waals surface area contributed by atoms with Crippen LogP contribution in [0.4, 0.5) is 0 Å². The topological polar surface area (TPSA) is 24.5 Å². The molecule has 1 heterocycles. The number of nitrogens with one attached hydrogen (secondary N) is 1. The summed E-state index contributed by atoms with van der Waals surface area (Å²) in [7, 11) is 0. The summed E-state index contributed by atoms with van der Waals surface area (Å²) < 4.78 is 6.10. The summed E-state index contributed by atoms with van der Waals surface area (Å²) in [5, 5.41) is 3.37. The van der Waals surface area contributed by atoms with E-state index in [1.165, 1.54) is 5.56 Å². The Balaban J connectivity index is 1.91. The molecular formula is C15H24N2O. The number of hydrogen-bond donors (Lipinski definition) is 1. The molecule has 3 heteroatoms. The monoisotopic (exact) mass is 248 g/mol. The standard InChI is InChI=1S/C15H24N2O/c1-13-4-6-14(7-5-13)18-15(2,3)12-17-10-8-16-9-11-17/h4-7,16H,8-12H2,1-3H3. The van der Waals surface area contributed by atoms with Gasteiger partial charge in [0, 0.05) is 32.7 Å². The van der Waals surface area contributed by atoms with E-state index in [9.17, 15) is 0 Å². The quantitative estimate of drug-likeness (QED) is 0.882. The molecule has 0 radical (unpaired) electrons. The molecule has 0 amide bonds. The minimum Gasteiger partial charge on any atom is -0.487 e. The number of aryl methyl sites for hydroxylation is 1. The van der Waals surface area contributed by atoms with Crippen molar-refractivity contribution < 1.29 is 4.74 Å². The third-order valence-corrected chi connectivity index (χ3v) is 3.23. The highest BCUT2D eigenvalue weighted by atomic mass is 16.5. The summed E-state index contributed by atoms with van der Waals surface area (Å²) in [5.41, 5.74) is 1.12. The van der Waals surface area contributed by atoms with E-state index >= 15 is 0 Å². The molecule has 100 valence electrons. The van der Waals surface area contributed by atoms with Crippen molar-refractivity contribution >= 4 is 0 Å². The zero-order valence-electron chi connectivity index (χ0n) is 11.7. The van der Waals surface area contributed by atoms with Gasteiger partial charge in [-0.05, 0) is 32.9 Å². The van der Waals surface area contributed by atoms with Crippen LogP contribution >= 0.6 is 0 Å². The summed E-state index contributed by atoms with van der Waals surface area (Å²) in [6.07, 6.45) is 0. The van der Waals surface area contributed by atoms with Gasteiger partial charge in [0.15, 0.2) is 0 Å². The first kappa shape index (κ1) is 13.4. The Bertz CT molecular complexity index is 367. The van der Waals surface area contributed by atoms with Crippen LogP contribution in [0.15, 0.2) is 24.3 Å². The van der Waals surface area contributed by atoms with Gasteiger partial charge >= 0.3 is 0 Å². The maximum Gasteiger partial charge on any atom is 0.120 e. The molecule has 1 aliphatic heterocycles. The summed E-state index contributed by atoms with van der Waals surface area (Å²) >= 11 is 0. The fraction of sp³-hybridized carbons (Fsp3) is 0.600. The highest BCUT2D eigenvalue weighted by Gasteiger charge is 2.24. The number of ether oxygens (including phenoxy) is 1. The molecule has 1 aromatic carbocycles. The van der Waals surface area contributed by atoms with Crippen LogP contribution in [0.25, 0.3) is 0 Å². The Morgan fingerprint density at radius 2 is 1.78 bits per heavy atom. The molecule has 0 aliphatic carbocycles. The van der Waals surface area contributed by atoms with Crippen molar-refractivity contribution in [2.75, 3.05) is 32.7 Å². The van der Waals surface area contributed by atoms with E-state index in [0.717, 1.165) is 38.5 Å². The van der Waals surface area contributed by atoms with Crippen LogP contribution in [-0.4, -0.2) is 43.2 Å². The SMILES string of the molecule is Cc1ccc(OC(C)(C)CN2CCNCC2)cc1. The van der Waals surface area contributed by atoms with Gasteiger partial charge in [-0.15, -0.1) is 0 Å². The summed E-state index contributed by atoms with van der Waals surface area (Å²) in [5.74, 6) is 0.959. The fourth-order valence-corrected chi connectivity index (χ4v) is 2.37. The Kier molecular flexibility index (Phi) is 4.25. The first-order valence-electron chi connectivity index (χ1n) is 6.74. The zero-order chi connectivity index (χ0) is 13.0. The molecule has 0 bridgehead atoms. The van der Waals surface area contributed by atoms with Crippen molar-refractivity contribution in [2.45, 2.75) is 26.4 Å². The van der Waals surface area contributed by atoms with Gasteiger partial charge in [0.05, 0.1) is 0 Å². The van der Waals surface area contributed by atoms with Gasteiger partial charge in [-0.2, -0.15) is 0 Å². The maximum atomic E-state index is 6.10. The highest BCUT2D eigenvalue weighted by molar-refractivity contribution is 5.26. The van der Waals surface area contributed by atoms with Crippen molar-refractivity contribution in [1.82, 2.24) is 10.2 Å². The Hall–Kier alpha value is -1.06. The van der Waals surface area contributed by atoms with Crippen molar-refractivity contribution in [1.29, 1.82) is 0 Å². The van der Waals surface area contributed by atoms with E-state index in [4.69, 9.17) is 4.74 Å². The predicted octanol–water partition coefficient (Wildman–Crippen LogP) is 2.06. The molecule has 3 nitrogen and oxygen atoms in total. The van der Waals surface area contributed by atoms with Crippen LogP contribution in [0.3, 0.4) is 0 Å². The van der Waals surface area contributed by atoms with E-state index in [-0.39, 0.29) is 5.60 Å². The van der Waals surface area contributed by atoms with Crippen LogP contribution in [0.5, 0.6) is 5.75 Å². The summed E-state index contributed by atoms with van der Waals surface area (Å²) in [6, 6.07) is 8.29. The Morgan fingerprint density at radius 1 is 1.17 bits per heavy atom. The zero-order valence-corrected chi connectivity index (χ0v) is 11.7. The molecule has 0 unspecified atom stereocenters. The number of piperazine rings is 1. The molecule has 0 spiro atoms. The average molecular weight is 248 g/mol. The lowest BCUT2D eigenvalue weighted by atomic mass is 10.1. The van der Waals surface area contributed by atoms with Crippen LogP contribution < -0.4 is 10.1 Å². The fourth-order valence-electron chi connectivity index (χ4n) is 2.37. The average Bonchev–Trinajstić information content (AvgIpc) is 2.32. The highest BCUT2D eigenvalue weighted by Crippen LogP contribution is 2.20. The van der Waals surface area contributed by atoms with Crippen molar-refractivity contribution in [3.8, 4) is 5.75 Å². The van der Waals surface area contributed by atoms with E-state index < -0.39 is 0 Å². The van der Waals surface area contributed by atoms with Gasteiger partial charge in [0.2, 0.25) is 0 Å². The molecular weight excluding hydrogens is 224 g/mol. The molecule has 0 saturated carbocycles. The minimum absolute atomic E-state index is 0.146.